The van der Waals surface area contributed by atoms with Gasteiger partial charge in [0.1, 0.15) is 6.04 Å². The predicted molar refractivity (Wildman–Crippen MR) is 221 cm³/mol. The summed E-state index contributed by atoms with van der Waals surface area (Å²) in [6.07, 6.45) is 0.541. The average molecular weight is 992 g/mol. The molecule has 0 aromatic heterocycles. The van der Waals surface area contributed by atoms with Gasteiger partial charge in [-0.2, -0.15) is 0 Å². The molecule has 0 bridgehead atoms. The molecule has 0 unspecified atom stereocenters. The van der Waals surface area contributed by atoms with E-state index in [4.69, 9.17) is 24.1 Å². The van der Waals surface area contributed by atoms with Gasteiger partial charge >= 0.3 is 11.9 Å². The van der Waals surface area contributed by atoms with Gasteiger partial charge in [-0.3, -0.25) is 38.4 Å². The van der Waals surface area contributed by atoms with Gasteiger partial charge in [-0.05, 0) is 19.3 Å². The van der Waals surface area contributed by atoms with Crippen molar-refractivity contribution in [1.82, 2.24) is 36.8 Å². The first kappa shape index (κ1) is 56.0. The Morgan fingerprint density at radius 1 is 0.467 bits per heavy atom. The Morgan fingerprint density at radius 3 is 1.37 bits per heavy atom. The number of alkyl halides is 2. The number of unbranched alkanes of at least 4 members (excludes halogenated alkanes) is 1. The molecule has 0 fully saturated rings. The molecule has 8 N–H and O–H groups in total. The Morgan fingerprint density at radius 2 is 0.900 bits per heavy atom. The van der Waals surface area contributed by atoms with Gasteiger partial charge in [0.2, 0.25) is 41.4 Å². The second-order valence-electron chi connectivity index (χ2n) is 12.7. The topological polar surface area (TPSA) is 306 Å². The summed E-state index contributed by atoms with van der Waals surface area (Å²) < 4.78 is 21.6. The van der Waals surface area contributed by atoms with E-state index in [1.165, 1.54) is 4.90 Å². The van der Waals surface area contributed by atoms with E-state index in [2.05, 4.69) is 63.8 Å². The highest BCUT2D eigenvalue weighted by atomic mass is 79.9. The Balaban J connectivity index is 3.78. The van der Waals surface area contributed by atoms with Crippen molar-refractivity contribution in [1.29, 1.82) is 0 Å². The van der Waals surface area contributed by atoms with Gasteiger partial charge in [0.25, 0.3) is 0 Å². The summed E-state index contributed by atoms with van der Waals surface area (Å²) in [5.41, 5.74) is 0. The molecule has 0 spiro atoms. The largest absolute Gasteiger partial charge is 0.481 e. The van der Waals surface area contributed by atoms with Crippen molar-refractivity contribution in [3.8, 4) is 0 Å². The molecular weight excluding hydrogens is 930 g/mol. The van der Waals surface area contributed by atoms with E-state index in [1.807, 2.05) is 0 Å². The lowest BCUT2D eigenvalue weighted by Gasteiger charge is -2.23. The first-order chi connectivity index (χ1) is 28.8. The molecule has 0 saturated carbocycles. The minimum Gasteiger partial charge on any atom is -0.481 e. The highest BCUT2D eigenvalue weighted by Crippen LogP contribution is 2.03. The van der Waals surface area contributed by atoms with Crippen LogP contribution in [0.15, 0.2) is 0 Å². The lowest BCUT2D eigenvalue weighted by Crippen LogP contribution is -2.43. The molecule has 0 aromatic carbocycles. The lowest BCUT2D eigenvalue weighted by molar-refractivity contribution is -0.142. The molecule has 344 valence electrons. The second-order valence-corrected chi connectivity index (χ2v) is 13.8. The summed E-state index contributed by atoms with van der Waals surface area (Å²) in [4.78, 5) is 107. The van der Waals surface area contributed by atoms with Crippen LogP contribution in [0.4, 0.5) is 0 Å². The van der Waals surface area contributed by atoms with E-state index in [1.54, 1.807) is 0 Å². The van der Waals surface area contributed by atoms with Gasteiger partial charge in [0, 0.05) is 77.9 Å². The van der Waals surface area contributed by atoms with Gasteiger partial charge in [0.05, 0.1) is 69.9 Å². The van der Waals surface area contributed by atoms with Crippen LogP contribution in [0.3, 0.4) is 0 Å². The number of halogens is 2. The SMILES string of the molecule is O=C(O)CCC(=O)N[C@@H](CCCCNC(=O)CCOCCOCCNC(=O)CCOCCOCCNC(=O)CCC(=O)N(CCNC(=O)CBr)CCNC(=O)CBr)C(=O)O. The first-order valence-corrected chi connectivity index (χ1v) is 21.8. The Bertz CT molecular complexity index is 1290. The molecule has 0 aromatic rings. The summed E-state index contributed by atoms with van der Waals surface area (Å²) in [7, 11) is 0. The molecule has 0 radical (unpaired) electrons. The van der Waals surface area contributed by atoms with E-state index in [0.29, 0.717) is 25.9 Å². The zero-order valence-corrected chi connectivity index (χ0v) is 37.0. The molecule has 0 heterocycles. The number of carboxylic acids is 2. The van der Waals surface area contributed by atoms with Crippen LogP contribution in [0.5, 0.6) is 0 Å². The van der Waals surface area contributed by atoms with Gasteiger partial charge in [-0.25, -0.2) is 4.79 Å². The van der Waals surface area contributed by atoms with Crippen molar-refractivity contribution in [3.63, 3.8) is 0 Å². The quantitative estimate of drug-likeness (QED) is 0.0255. The molecule has 0 rings (SSSR count). The number of carboxylic acid groups (broad SMARTS) is 2. The van der Waals surface area contributed by atoms with Crippen LogP contribution in [0.2, 0.25) is 0 Å². The Labute approximate surface area is 366 Å². The summed E-state index contributed by atoms with van der Waals surface area (Å²) in [6.45, 7) is 3.63. The molecule has 0 aliphatic carbocycles. The molecule has 24 heteroatoms. The van der Waals surface area contributed by atoms with Crippen molar-refractivity contribution in [3.05, 3.63) is 0 Å². The highest BCUT2D eigenvalue weighted by molar-refractivity contribution is 9.09. The molecule has 60 heavy (non-hydrogen) atoms. The number of nitrogens with one attached hydrogen (secondary N) is 6. The van der Waals surface area contributed by atoms with Crippen molar-refractivity contribution < 1.29 is 72.3 Å². The molecule has 22 nitrogen and oxygen atoms in total. The maximum Gasteiger partial charge on any atom is 0.326 e. The average Bonchev–Trinajstić information content (AvgIpc) is 3.21. The van der Waals surface area contributed by atoms with E-state index < -0.39 is 23.9 Å². The molecule has 7 amide bonds. The van der Waals surface area contributed by atoms with Crippen molar-refractivity contribution in [2.75, 3.05) is 109 Å². The zero-order chi connectivity index (χ0) is 44.8. The third-order valence-electron chi connectivity index (χ3n) is 7.84. The highest BCUT2D eigenvalue weighted by Gasteiger charge is 2.20. The number of ether oxygens (including phenoxy) is 4. The fourth-order valence-electron chi connectivity index (χ4n) is 4.70. The van der Waals surface area contributed by atoms with E-state index in [0.717, 1.165) is 0 Å². The summed E-state index contributed by atoms with van der Waals surface area (Å²) in [5, 5.41) is 33.8. The molecule has 0 saturated heterocycles. The van der Waals surface area contributed by atoms with Gasteiger partial charge < -0.3 is 66.0 Å². The van der Waals surface area contributed by atoms with Gasteiger partial charge in [0.15, 0.2) is 0 Å². The summed E-state index contributed by atoms with van der Waals surface area (Å²) in [6, 6.07) is -1.13. The number of rotatable bonds is 39. The van der Waals surface area contributed by atoms with E-state index in [9.17, 15) is 48.3 Å². The van der Waals surface area contributed by atoms with Crippen molar-refractivity contribution >= 4 is 85.1 Å². The van der Waals surface area contributed by atoms with Crippen molar-refractivity contribution in [2.24, 2.45) is 0 Å². The number of hydrogen-bond donors (Lipinski definition) is 8. The zero-order valence-electron chi connectivity index (χ0n) is 33.9. The van der Waals surface area contributed by atoms with Crippen LogP contribution in [0.1, 0.15) is 57.8 Å². The van der Waals surface area contributed by atoms with Gasteiger partial charge in [-0.15, -0.1) is 0 Å². The monoisotopic (exact) mass is 989 g/mol. The maximum absolute atomic E-state index is 12.7. The normalized spacial score (nSPS) is 11.2. The minimum absolute atomic E-state index is 0.0371. The Kier molecular flexibility index (Phi) is 35.5. The maximum atomic E-state index is 12.7. The fourth-order valence-corrected chi connectivity index (χ4v) is 5.10. The lowest BCUT2D eigenvalue weighted by atomic mass is 10.1. The van der Waals surface area contributed by atoms with Crippen molar-refractivity contribution in [2.45, 2.75) is 63.8 Å². The third-order valence-corrected chi connectivity index (χ3v) is 8.86. The van der Waals surface area contributed by atoms with Crippen LogP contribution >= 0.6 is 31.9 Å². The first-order valence-electron chi connectivity index (χ1n) is 19.6. The molecule has 0 aliphatic rings. The Hall–Kier alpha value is -3.97. The molecule has 1 atom stereocenters. The van der Waals surface area contributed by atoms with Crippen LogP contribution < -0.4 is 31.9 Å². The summed E-state index contributed by atoms with van der Waals surface area (Å²) in [5.74, 6) is -4.52. The van der Waals surface area contributed by atoms with Gasteiger partial charge in [-0.1, -0.05) is 31.9 Å². The number of hydrogen-bond acceptors (Lipinski definition) is 13. The van der Waals surface area contributed by atoms with E-state index >= 15 is 0 Å². The van der Waals surface area contributed by atoms with Crippen LogP contribution in [-0.4, -0.2) is 184 Å². The summed E-state index contributed by atoms with van der Waals surface area (Å²) >= 11 is 6.11. The number of carbonyl (C=O) groups is 9. The molecule has 0 aliphatic heterocycles. The number of amides is 7. The van der Waals surface area contributed by atoms with Crippen LogP contribution in [0, 0.1) is 0 Å². The van der Waals surface area contributed by atoms with Crippen LogP contribution in [0.25, 0.3) is 0 Å². The number of carbonyl (C=O) groups excluding carboxylic acids is 7. The standard InChI is InChI=1S/C36H61Br2N7O15/c37-25-32(50)40-11-15-45(16-12-41-33(51)26-38)34(52)6-4-28(46)42-13-19-59-23-22-58-18-9-30(48)43-14-20-60-24-21-57-17-8-29(47)39-10-2-1-3-27(36(55)56)44-31(49)5-7-35(53)54/h27H,1-26H2,(H,39,47)(H,40,50)(H,41,51)(H,42,46)(H,43,48)(H,44,49)(H,53,54)(H,55,56)/t27-/m0/s1. The smallest absolute Gasteiger partial charge is 0.326 e. The third kappa shape index (κ3) is 34.8. The predicted octanol–water partition coefficient (Wildman–Crippen LogP) is -1.58. The number of nitrogens with zero attached hydrogens (tertiary/aromatic N) is 1. The second kappa shape index (κ2) is 38.0. The number of aliphatic carboxylic acids is 2. The van der Waals surface area contributed by atoms with E-state index in [-0.39, 0.29) is 177 Å². The molecular formula is C36H61Br2N7O15. The fraction of sp³-hybridized carbons (Fsp3) is 0.750. The minimum atomic E-state index is -1.22. The van der Waals surface area contributed by atoms with Crippen LogP contribution in [-0.2, 0) is 62.1 Å².